The van der Waals surface area contributed by atoms with E-state index in [1.54, 1.807) is 12.1 Å². The smallest absolute Gasteiger partial charge is 0.205 e. The minimum Gasteiger partial charge on any atom is -0.205 e. The Hall–Kier alpha value is 0.0400. The van der Waals surface area contributed by atoms with Crippen molar-refractivity contribution in [3.8, 4) is 0 Å². The Labute approximate surface area is 104 Å². The van der Waals surface area contributed by atoms with Gasteiger partial charge in [-0.1, -0.05) is 44.0 Å². The van der Waals surface area contributed by atoms with Gasteiger partial charge in [-0.05, 0) is 30.5 Å². The summed E-state index contributed by atoms with van der Waals surface area (Å²) in [7, 11) is 0. The van der Waals surface area contributed by atoms with Crippen LogP contribution < -0.4 is 0 Å². The molecule has 15 heavy (non-hydrogen) atoms. The maximum Gasteiger partial charge on any atom is 0.267 e. The summed E-state index contributed by atoms with van der Waals surface area (Å²) in [6, 6.07) is 7.21. The molecule has 0 amide bonds. The second-order valence-corrected chi connectivity index (χ2v) is 5.40. The van der Waals surface area contributed by atoms with Gasteiger partial charge in [0.15, 0.2) is 0 Å². The largest absolute Gasteiger partial charge is 0.267 e. The molecule has 0 spiro atoms. The van der Waals surface area contributed by atoms with Crippen molar-refractivity contribution >= 4 is 31.9 Å². The van der Waals surface area contributed by atoms with Gasteiger partial charge in [0.1, 0.15) is 0 Å². The second kappa shape index (κ2) is 3.81. The molecule has 0 atom stereocenters. The van der Waals surface area contributed by atoms with Crippen molar-refractivity contribution in [3.63, 3.8) is 0 Å². The summed E-state index contributed by atoms with van der Waals surface area (Å²) in [5.41, 5.74) is -0.174. The molecule has 1 saturated carbocycles. The first-order chi connectivity index (χ1) is 7.02. The molecule has 0 aromatic heterocycles. The van der Waals surface area contributed by atoms with Crippen LogP contribution in [0, 0.1) is 0 Å². The highest BCUT2D eigenvalue weighted by molar-refractivity contribution is 9.10. The highest BCUT2D eigenvalue weighted by atomic mass is 79.9. The Morgan fingerprint density at radius 3 is 2.13 bits per heavy atom. The highest BCUT2D eigenvalue weighted by Crippen LogP contribution is 2.58. The summed E-state index contributed by atoms with van der Waals surface area (Å²) in [6.45, 7) is 0. The van der Waals surface area contributed by atoms with Crippen molar-refractivity contribution in [2.45, 2.75) is 24.2 Å². The van der Waals surface area contributed by atoms with Crippen LogP contribution in [0.25, 0.3) is 0 Å². The van der Waals surface area contributed by atoms with Crippen LogP contribution in [-0.2, 0) is 5.41 Å². The summed E-state index contributed by atoms with van der Waals surface area (Å²) in [6.07, 6.45) is 1.15. The molecule has 0 bridgehead atoms. The van der Waals surface area contributed by atoms with Crippen molar-refractivity contribution in [3.05, 3.63) is 34.3 Å². The molecular formula is C11H10Br2F2. The van der Waals surface area contributed by atoms with E-state index in [1.165, 1.54) is 0 Å². The Morgan fingerprint density at radius 1 is 1.20 bits per heavy atom. The first-order valence-electron chi connectivity index (χ1n) is 4.72. The van der Waals surface area contributed by atoms with Gasteiger partial charge in [0.2, 0.25) is 0 Å². The molecule has 1 aromatic carbocycles. The molecule has 1 fully saturated rings. The fourth-order valence-corrected chi connectivity index (χ4v) is 2.69. The highest BCUT2D eigenvalue weighted by Gasteiger charge is 2.61. The zero-order valence-corrected chi connectivity index (χ0v) is 11.1. The molecule has 1 aliphatic carbocycles. The fourth-order valence-electron chi connectivity index (χ4n) is 1.89. The first kappa shape index (κ1) is 11.5. The van der Waals surface area contributed by atoms with E-state index in [1.807, 2.05) is 12.1 Å². The standard InChI is InChI=1S/C11H10Br2F2/c12-7-11(14,15)10(5-6-10)8-1-3-9(13)4-2-8/h1-4H,5-7H2. The second-order valence-electron chi connectivity index (χ2n) is 3.93. The lowest BCUT2D eigenvalue weighted by atomic mass is 9.90. The Morgan fingerprint density at radius 2 is 1.73 bits per heavy atom. The van der Waals surface area contributed by atoms with Gasteiger partial charge in [0, 0.05) is 4.47 Å². The lowest BCUT2D eigenvalue weighted by Gasteiger charge is -2.25. The van der Waals surface area contributed by atoms with E-state index in [9.17, 15) is 8.78 Å². The number of alkyl halides is 3. The summed E-state index contributed by atoms with van der Waals surface area (Å²) >= 11 is 6.20. The predicted octanol–water partition coefficient (Wildman–Crippen LogP) is 4.51. The van der Waals surface area contributed by atoms with Crippen molar-refractivity contribution in [2.24, 2.45) is 0 Å². The van der Waals surface area contributed by atoms with Crippen molar-refractivity contribution in [2.75, 3.05) is 5.33 Å². The van der Waals surface area contributed by atoms with Gasteiger partial charge in [-0.2, -0.15) is 0 Å². The van der Waals surface area contributed by atoms with E-state index in [-0.39, 0.29) is 5.33 Å². The first-order valence-corrected chi connectivity index (χ1v) is 6.63. The molecule has 1 aliphatic rings. The lowest BCUT2D eigenvalue weighted by Crippen LogP contribution is -2.35. The number of halogens is 4. The molecule has 0 N–H and O–H groups in total. The van der Waals surface area contributed by atoms with Crippen LogP contribution in [-0.4, -0.2) is 11.3 Å². The Kier molecular flexibility index (Phi) is 2.93. The molecule has 2 rings (SSSR count). The quantitative estimate of drug-likeness (QED) is 0.711. The summed E-state index contributed by atoms with van der Waals surface area (Å²) in [5, 5.41) is -0.268. The van der Waals surface area contributed by atoms with Crippen LogP contribution in [0.3, 0.4) is 0 Å². The Balaban J connectivity index is 2.34. The average Bonchev–Trinajstić information content (AvgIpc) is 3.00. The third kappa shape index (κ3) is 1.86. The Bertz CT molecular complexity index is 355. The van der Waals surface area contributed by atoms with E-state index in [2.05, 4.69) is 31.9 Å². The van der Waals surface area contributed by atoms with Gasteiger partial charge in [-0.15, -0.1) is 0 Å². The number of hydrogen-bond donors (Lipinski definition) is 0. The summed E-state index contributed by atoms with van der Waals surface area (Å²) < 4.78 is 28.4. The molecule has 82 valence electrons. The average molecular weight is 340 g/mol. The summed E-state index contributed by atoms with van der Waals surface area (Å²) in [5.74, 6) is -2.65. The molecule has 0 unspecified atom stereocenters. The van der Waals surface area contributed by atoms with E-state index < -0.39 is 11.3 Å². The van der Waals surface area contributed by atoms with E-state index >= 15 is 0 Å². The number of rotatable bonds is 3. The molecule has 0 saturated heterocycles. The molecule has 1 aromatic rings. The van der Waals surface area contributed by atoms with Crippen LogP contribution in [0.5, 0.6) is 0 Å². The van der Waals surface area contributed by atoms with E-state index in [0.717, 1.165) is 10.0 Å². The van der Waals surface area contributed by atoms with Gasteiger partial charge < -0.3 is 0 Å². The minimum absolute atomic E-state index is 0.268. The maximum atomic E-state index is 13.7. The molecule has 0 aliphatic heterocycles. The lowest BCUT2D eigenvalue weighted by molar-refractivity contribution is -0.0135. The SMILES string of the molecule is FC(F)(CBr)C1(c2ccc(Br)cc2)CC1. The van der Waals surface area contributed by atoms with Crippen LogP contribution in [0.15, 0.2) is 28.7 Å². The predicted molar refractivity (Wildman–Crippen MR) is 63.8 cm³/mol. The zero-order valence-electron chi connectivity index (χ0n) is 7.94. The monoisotopic (exact) mass is 338 g/mol. The zero-order chi connectivity index (χ0) is 11.1. The topological polar surface area (TPSA) is 0 Å². The van der Waals surface area contributed by atoms with Crippen LogP contribution in [0.2, 0.25) is 0 Å². The normalized spacial score (nSPS) is 18.9. The van der Waals surface area contributed by atoms with Crippen LogP contribution in [0.1, 0.15) is 18.4 Å². The summed E-state index contributed by atoms with van der Waals surface area (Å²) in [4.78, 5) is 0. The fraction of sp³-hybridized carbons (Fsp3) is 0.455. The third-order valence-corrected chi connectivity index (χ3v) is 4.25. The number of hydrogen-bond acceptors (Lipinski definition) is 0. The van der Waals surface area contributed by atoms with Crippen molar-refractivity contribution < 1.29 is 8.78 Å². The molecule has 0 heterocycles. The molecule has 4 heteroatoms. The maximum absolute atomic E-state index is 13.7. The van der Waals surface area contributed by atoms with Gasteiger partial charge in [-0.25, -0.2) is 8.78 Å². The van der Waals surface area contributed by atoms with E-state index in [0.29, 0.717) is 12.8 Å². The van der Waals surface area contributed by atoms with Gasteiger partial charge in [-0.3, -0.25) is 0 Å². The van der Waals surface area contributed by atoms with Crippen molar-refractivity contribution in [1.29, 1.82) is 0 Å². The molecule has 0 nitrogen and oxygen atoms in total. The van der Waals surface area contributed by atoms with Crippen molar-refractivity contribution in [1.82, 2.24) is 0 Å². The van der Waals surface area contributed by atoms with Crippen LogP contribution >= 0.6 is 31.9 Å². The number of benzene rings is 1. The minimum atomic E-state index is -2.65. The molecule has 0 radical (unpaired) electrons. The van der Waals surface area contributed by atoms with Crippen LogP contribution in [0.4, 0.5) is 8.78 Å². The van der Waals surface area contributed by atoms with Gasteiger partial charge >= 0.3 is 0 Å². The van der Waals surface area contributed by atoms with E-state index in [4.69, 9.17) is 0 Å². The molecular weight excluding hydrogens is 330 g/mol. The van der Waals surface area contributed by atoms with Gasteiger partial charge in [0.25, 0.3) is 5.92 Å². The third-order valence-electron chi connectivity index (χ3n) is 3.01. The van der Waals surface area contributed by atoms with Gasteiger partial charge in [0.05, 0.1) is 10.7 Å².